The van der Waals surface area contributed by atoms with E-state index in [9.17, 15) is 56.7 Å². The normalized spacial score (nSPS) is 17.3. The Balaban J connectivity index is 0.000000275. The van der Waals surface area contributed by atoms with Gasteiger partial charge in [0.25, 0.3) is 35.4 Å². The number of unbranched alkanes of at least 4 members (excludes halogenated alkanes) is 2. The quantitative estimate of drug-likeness (QED) is 0.0141. The summed E-state index contributed by atoms with van der Waals surface area (Å²) in [6, 6.07) is 20.9. The van der Waals surface area contributed by atoms with E-state index in [1.54, 1.807) is 29.9 Å². The number of hydroxylamine groups is 2. The van der Waals surface area contributed by atoms with E-state index in [0.29, 0.717) is 85.3 Å². The lowest BCUT2D eigenvalue weighted by Gasteiger charge is -2.60. The molecule has 1 aliphatic carbocycles. The van der Waals surface area contributed by atoms with Crippen LogP contribution in [0.3, 0.4) is 0 Å². The van der Waals surface area contributed by atoms with E-state index in [4.69, 9.17) is 9.57 Å². The minimum absolute atomic E-state index is 0.000825. The van der Waals surface area contributed by atoms with Gasteiger partial charge in [0, 0.05) is 88.8 Å². The molecule has 1 saturated carbocycles. The first-order valence-electron chi connectivity index (χ1n) is 41.3. The van der Waals surface area contributed by atoms with Crippen LogP contribution in [0.25, 0.3) is 11.4 Å². The third-order valence-electron chi connectivity index (χ3n) is 21.1. The van der Waals surface area contributed by atoms with Crippen molar-refractivity contribution in [3.8, 4) is 11.4 Å². The highest BCUT2D eigenvalue weighted by atomic mass is 32.2. The summed E-state index contributed by atoms with van der Waals surface area (Å²) < 4.78 is 45.7. The molecule has 1 saturated heterocycles. The van der Waals surface area contributed by atoms with Crippen molar-refractivity contribution in [2.75, 3.05) is 125 Å². The molecule has 6 amide bonds. The fourth-order valence-corrected chi connectivity index (χ4v) is 14.5. The maximum Gasteiger partial charge on any atom is 0.358 e. The molecule has 7 aromatic rings. The van der Waals surface area contributed by atoms with Crippen LogP contribution in [0.4, 0.5) is 5.69 Å². The number of allylic oxidation sites excluding steroid dienone is 2. The monoisotopic (exact) mass is 1680 g/mol. The van der Waals surface area contributed by atoms with Gasteiger partial charge < -0.3 is 68.9 Å². The Bertz CT molecular complexity index is 4690. The highest BCUT2D eigenvalue weighted by molar-refractivity contribution is 7.85. The molecular formula is C84H121N21O14S. The van der Waals surface area contributed by atoms with Gasteiger partial charge in [-0.3, -0.25) is 33.4 Å². The maximum atomic E-state index is 13.6. The van der Waals surface area contributed by atoms with Crippen LogP contribution in [-0.4, -0.2) is 265 Å². The van der Waals surface area contributed by atoms with Crippen molar-refractivity contribution in [1.29, 1.82) is 0 Å². The molecule has 4 aliphatic rings. The number of hydrogen-bond acceptors (Lipinski definition) is 24. The van der Waals surface area contributed by atoms with Gasteiger partial charge in [0.2, 0.25) is 0 Å². The molecule has 652 valence electrons. The standard InChI is InChI=1S/C45H60N14O7S.C21H26N2O7.C18H34N5/c1-6-7-19-58(2,3)30-34-28-56(54-52-34)36-22-38-42(60)46-17-10-8-9-11-18-47-43(61)39-23-37(57-29-35(53-55-57)31-59(4,5)20-12-21-67(64,65)66)25-41(51-39)45(63)49-27-33-15-13-32(14-16-33)26-48-44(62)40(24-36)50-38;1-3-22(10-11-29-12-18(26)30-23-16(24)8-9-17(23)25)15-6-4-14(5-7-15)19-20(27)13(2)21(19)28;1-7-11-14-23(5,6)16-17-15-22(20-19-17)13-12-21(10-4)18(8-2)9-3/h13-16,22-25,28-29H,6-12,17-21,26-27,30-31H2,1-5H3,(H3-2,46,47,48,49,60,61,62,63,64,65,66);4-7,13,19-21H,3,8-12H2,1-2H3;8-9,15H,2,7,10-14,16H2,1,3-6H3/q;-2;+1/p+1/b;;18-9+. The fourth-order valence-electron chi connectivity index (χ4n) is 14.1. The van der Waals surface area contributed by atoms with Gasteiger partial charge in [-0.2, -0.15) is 0 Å². The highest BCUT2D eigenvalue weighted by Crippen LogP contribution is 2.39. The molecule has 5 aromatic heterocycles. The van der Waals surface area contributed by atoms with Gasteiger partial charge >= 0.3 is 5.97 Å². The average Bonchev–Trinajstić information content (AvgIpc) is 1.04. The molecule has 6 bridgehead atoms. The predicted octanol–water partition coefficient (Wildman–Crippen LogP) is 4.81. The molecule has 2 unspecified atom stereocenters. The number of nitrogens with one attached hydrogen (secondary N) is 4. The van der Waals surface area contributed by atoms with Crippen LogP contribution in [0.5, 0.6) is 0 Å². The van der Waals surface area contributed by atoms with Crippen molar-refractivity contribution >= 4 is 57.2 Å². The maximum absolute atomic E-state index is 13.6. The SMILES string of the molecule is C=C/C(=C\C)N(CC)CCn1cc(C[N+](C)(C)CCCC)nn1.CCCC[N+](C)(C)Cc1cn(-c2cc3nc(c2)C(=O)NCc2ccc(cc2)CNC(=O)c2cc(-n4cc(C[N+](C)(C)CCCS(=O)(=O)[O-])nn4)cc(n2)C(=O)NCCCCCCNC3=O)nn1.CCN(CCOCC(=O)ON1C(=O)CCC1=O)c1ccc(C2C([O-])C(C)C2[O-])cc1. The van der Waals surface area contributed by atoms with E-state index in [1.807, 2.05) is 98.3 Å². The van der Waals surface area contributed by atoms with Gasteiger partial charge in [0.1, 0.15) is 66.1 Å². The number of pyridine rings is 2. The van der Waals surface area contributed by atoms with Gasteiger partial charge in [-0.15, -0.1) is 32.6 Å². The van der Waals surface area contributed by atoms with Crippen LogP contribution >= 0.6 is 0 Å². The smallest absolute Gasteiger partial charge is 0.358 e. The second-order valence-corrected chi connectivity index (χ2v) is 34.0. The third-order valence-corrected chi connectivity index (χ3v) is 21.8. The van der Waals surface area contributed by atoms with E-state index in [1.165, 1.54) is 41.9 Å². The predicted molar refractivity (Wildman–Crippen MR) is 444 cm³/mol. The molecule has 8 heterocycles. The summed E-state index contributed by atoms with van der Waals surface area (Å²) in [6.45, 7) is 25.5. The van der Waals surface area contributed by atoms with Gasteiger partial charge in [-0.1, -0.05) is 117 Å². The number of imide groups is 1. The number of quaternary nitrogens is 3. The number of amides is 6. The first-order chi connectivity index (χ1) is 57.1. The molecule has 11 rings (SSSR count). The molecular weight excluding hydrogens is 1560 g/mol. The highest BCUT2D eigenvalue weighted by Gasteiger charge is 2.35. The largest absolute Gasteiger partial charge is 0.851 e. The Hall–Kier alpha value is -10.6. The Labute approximate surface area is 704 Å². The van der Waals surface area contributed by atoms with Gasteiger partial charge in [0.05, 0.1) is 115 Å². The van der Waals surface area contributed by atoms with Crippen molar-refractivity contribution in [2.24, 2.45) is 5.92 Å². The number of carbonyl (C=O) groups is 7. The number of likely N-dealkylation sites (N-methyl/N-ethyl adjacent to an activating group) is 2. The number of ether oxygens (including phenoxy) is 1. The fraction of sp³-hybridized carbons (Fsp3) is 0.536. The molecule has 4 N–H and O–H groups in total. The van der Waals surface area contributed by atoms with Gasteiger partial charge in [0.15, 0.2) is 0 Å². The summed E-state index contributed by atoms with van der Waals surface area (Å²) in [7, 11) is 8.25. The molecule has 2 fully saturated rings. The number of carbonyl (C=O) groups excluding carboxylic acids is 7. The van der Waals surface area contributed by atoms with E-state index in [0.717, 1.165) is 101 Å². The molecule has 0 radical (unpaired) electrons. The van der Waals surface area contributed by atoms with Gasteiger partial charge in [-0.05, 0) is 112 Å². The first kappa shape index (κ1) is 94.9. The van der Waals surface area contributed by atoms with E-state index in [2.05, 4.69) is 135 Å². The number of hydrogen-bond donors (Lipinski definition) is 4. The average molecular weight is 1680 g/mol. The zero-order valence-electron chi connectivity index (χ0n) is 71.6. The van der Waals surface area contributed by atoms with Crippen molar-refractivity contribution in [3.05, 3.63) is 172 Å². The summed E-state index contributed by atoms with van der Waals surface area (Å²) in [5, 5.41) is 62.0. The van der Waals surface area contributed by atoms with E-state index in [-0.39, 0.29) is 74.3 Å². The Kier molecular flexibility index (Phi) is 35.7. The van der Waals surface area contributed by atoms with E-state index >= 15 is 0 Å². The summed E-state index contributed by atoms with van der Waals surface area (Å²) in [4.78, 5) is 107. The summed E-state index contributed by atoms with van der Waals surface area (Å²) in [5.74, 6) is -5.07. The zero-order chi connectivity index (χ0) is 87.3. The third kappa shape index (κ3) is 29.4. The lowest BCUT2D eigenvalue weighted by atomic mass is 9.67. The zero-order valence-corrected chi connectivity index (χ0v) is 72.4. The topological polar surface area (TPSA) is 417 Å². The van der Waals surface area contributed by atoms with Crippen LogP contribution in [-0.2, 0) is 73.3 Å². The number of fused-ring (bicyclic) bond motifs is 15. The number of anilines is 1. The number of nitrogens with zero attached hydrogens (tertiary/aromatic N) is 17. The van der Waals surface area contributed by atoms with Crippen LogP contribution in [0, 0.1) is 5.92 Å². The number of aromatic nitrogens is 11. The summed E-state index contributed by atoms with van der Waals surface area (Å²) in [6.07, 6.45) is 15.6. The van der Waals surface area contributed by atoms with Crippen LogP contribution in [0.1, 0.15) is 194 Å². The Morgan fingerprint density at radius 3 is 1.49 bits per heavy atom. The molecule has 3 aliphatic heterocycles. The number of rotatable bonds is 33. The molecule has 2 aromatic carbocycles. The van der Waals surface area contributed by atoms with Crippen LogP contribution in [0.2, 0.25) is 0 Å². The minimum Gasteiger partial charge on any atom is -0.851 e. The number of benzene rings is 2. The second-order valence-electron chi connectivity index (χ2n) is 32.4. The molecule has 35 nitrogen and oxygen atoms in total. The summed E-state index contributed by atoms with van der Waals surface area (Å²) in [5.41, 5.74) is 7.74. The van der Waals surface area contributed by atoms with Crippen LogP contribution in [0.15, 0.2) is 116 Å². The van der Waals surface area contributed by atoms with Crippen molar-refractivity contribution in [2.45, 2.75) is 170 Å². The molecule has 2 atom stereocenters. The van der Waals surface area contributed by atoms with Crippen molar-refractivity contribution in [1.82, 2.24) is 86.2 Å². The second kappa shape index (κ2) is 45.2. The Morgan fingerprint density at radius 2 is 1.06 bits per heavy atom. The van der Waals surface area contributed by atoms with Crippen molar-refractivity contribution < 1.29 is 79.8 Å². The Morgan fingerprint density at radius 1 is 0.608 bits per heavy atom. The van der Waals surface area contributed by atoms with Gasteiger partial charge in [-0.25, -0.2) is 32.5 Å². The van der Waals surface area contributed by atoms with E-state index < -0.39 is 75.4 Å². The lowest BCUT2D eigenvalue weighted by Crippen LogP contribution is -2.64. The molecule has 0 spiro atoms. The van der Waals surface area contributed by atoms with Crippen molar-refractivity contribution in [3.63, 3.8) is 0 Å². The van der Waals surface area contributed by atoms with Crippen LogP contribution < -0.4 is 36.4 Å². The molecule has 120 heavy (non-hydrogen) atoms. The first-order valence-corrected chi connectivity index (χ1v) is 42.9. The minimum atomic E-state index is -4.33. The lowest BCUT2D eigenvalue weighted by molar-refractivity contribution is -0.904. The summed E-state index contributed by atoms with van der Waals surface area (Å²) >= 11 is 0. The molecule has 36 heteroatoms.